The standard InChI is InChI=1S/C21H27N3O6/c1-3-30-21(28)22-15-7-10-23(11-8-15)18(25)14-5-6-16-17(13-14)20(27)24(19(16)26)9-4-12-29-2/h5-6,13,15H,3-4,7-12H2,1-2H3,(H,22,28). The van der Waals surface area contributed by atoms with Gasteiger partial charge in [-0.3, -0.25) is 19.3 Å². The summed E-state index contributed by atoms with van der Waals surface area (Å²) in [6.07, 6.45) is 1.36. The van der Waals surface area contributed by atoms with Gasteiger partial charge in [0, 0.05) is 45.0 Å². The lowest BCUT2D eigenvalue weighted by Gasteiger charge is -2.32. The predicted molar refractivity (Wildman–Crippen MR) is 107 cm³/mol. The first-order chi connectivity index (χ1) is 14.5. The number of methoxy groups -OCH3 is 1. The van der Waals surface area contributed by atoms with Crippen molar-refractivity contribution in [2.24, 2.45) is 0 Å². The van der Waals surface area contributed by atoms with Crippen LogP contribution in [0.2, 0.25) is 0 Å². The number of hydrogen-bond donors (Lipinski definition) is 1. The lowest BCUT2D eigenvalue weighted by atomic mass is 10.0. The number of amides is 4. The largest absolute Gasteiger partial charge is 0.450 e. The number of alkyl carbamates (subject to hydrolysis) is 1. The van der Waals surface area contributed by atoms with Gasteiger partial charge in [-0.05, 0) is 44.4 Å². The van der Waals surface area contributed by atoms with Gasteiger partial charge in [0.1, 0.15) is 0 Å². The summed E-state index contributed by atoms with van der Waals surface area (Å²) in [7, 11) is 1.57. The smallest absolute Gasteiger partial charge is 0.407 e. The third kappa shape index (κ3) is 4.62. The van der Waals surface area contributed by atoms with Crippen molar-refractivity contribution in [1.82, 2.24) is 15.1 Å². The van der Waals surface area contributed by atoms with E-state index in [0.29, 0.717) is 56.7 Å². The number of nitrogens with zero attached hydrogens (tertiary/aromatic N) is 2. The molecule has 0 spiro atoms. The van der Waals surface area contributed by atoms with E-state index in [0.717, 1.165) is 0 Å². The summed E-state index contributed by atoms with van der Waals surface area (Å²) in [4.78, 5) is 52.5. The molecule has 3 rings (SSSR count). The van der Waals surface area contributed by atoms with Crippen LogP contribution in [-0.4, -0.2) is 79.6 Å². The fourth-order valence-electron chi connectivity index (χ4n) is 3.74. The van der Waals surface area contributed by atoms with Gasteiger partial charge in [0.25, 0.3) is 17.7 Å². The first-order valence-electron chi connectivity index (χ1n) is 10.2. The van der Waals surface area contributed by atoms with Crippen molar-refractivity contribution in [2.75, 3.05) is 40.0 Å². The number of benzene rings is 1. The van der Waals surface area contributed by atoms with Gasteiger partial charge in [-0.2, -0.15) is 0 Å². The van der Waals surface area contributed by atoms with Gasteiger partial charge in [-0.25, -0.2) is 4.79 Å². The summed E-state index contributed by atoms with van der Waals surface area (Å²) in [5.41, 5.74) is 0.971. The van der Waals surface area contributed by atoms with Crippen LogP contribution in [0.15, 0.2) is 18.2 Å². The Morgan fingerprint density at radius 2 is 1.83 bits per heavy atom. The van der Waals surface area contributed by atoms with Crippen molar-refractivity contribution < 1.29 is 28.7 Å². The Labute approximate surface area is 175 Å². The molecule has 0 atom stereocenters. The number of hydrogen-bond acceptors (Lipinski definition) is 6. The van der Waals surface area contributed by atoms with Crippen LogP contribution < -0.4 is 5.32 Å². The third-order valence-electron chi connectivity index (χ3n) is 5.33. The van der Waals surface area contributed by atoms with E-state index < -0.39 is 6.09 Å². The number of fused-ring (bicyclic) bond motifs is 1. The van der Waals surface area contributed by atoms with E-state index in [1.165, 1.54) is 11.0 Å². The average Bonchev–Trinajstić information content (AvgIpc) is 2.98. The minimum atomic E-state index is -0.445. The maximum absolute atomic E-state index is 12.9. The Balaban J connectivity index is 1.62. The van der Waals surface area contributed by atoms with E-state index in [4.69, 9.17) is 9.47 Å². The van der Waals surface area contributed by atoms with Crippen molar-refractivity contribution >= 4 is 23.8 Å². The van der Waals surface area contributed by atoms with E-state index in [9.17, 15) is 19.2 Å². The molecule has 2 heterocycles. The molecule has 1 saturated heterocycles. The van der Waals surface area contributed by atoms with Crippen LogP contribution in [-0.2, 0) is 9.47 Å². The van der Waals surface area contributed by atoms with Crippen molar-refractivity contribution in [3.63, 3.8) is 0 Å². The minimum absolute atomic E-state index is 0.0343. The highest BCUT2D eigenvalue weighted by molar-refractivity contribution is 6.22. The first-order valence-corrected chi connectivity index (χ1v) is 10.2. The zero-order valence-corrected chi connectivity index (χ0v) is 17.3. The van der Waals surface area contributed by atoms with Crippen molar-refractivity contribution in [3.8, 4) is 0 Å². The molecule has 1 fully saturated rings. The molecule has 162 valence electrons. The predicted octanol–water partition coefficient (Wildman–Crippen LogP) is 1.67. The summed E-state index contributed by atoms with van der Waals surface area (Å²) >= 11 is 0. The van der Waals surface area contributed by atoms with E-state index >= 15 is 0 Å². The number of imide groups is 1. The van der Waals surface area contributed by atoms with Crippen LogP contribution in [0.3, 0.4) is 0 Å². The second kappa shape index (κ2) is 9.71. The van der Waals surface area contributed by atoms with Gasteiger partial charge in [0.15, 0.2) is 0 Å². The molecule has 0 saturated carbocycles. The Morgan fingerprint density at radius 3 is 2.50 bits per heavy atom. The molecule has 2 aliphatic rings. The van der Waals surface area contributed by atoms with E-state index in [-0.39, 0.29) is 35.9 Å². The maximum Gasteiger partial charge on any atom is 0.407 e. The van der Waals surface area contributed by atoms with Crippen LogP contribution in [0, 0.1) is 0 Å². The normalized spacial score (nSPS) is 16.6. The van der Waals surface area contributed by atoms with Crippen molar-refractivity contribution in [2.45, 2.75) is 32.2 Å². The number of likely N-dealkylation sites (tertiary alicyclic amines) is 1. The van der Waals surface area contributed by atoms with Crippen LogP contribution in [0.4, 0.5) is 4.79 Å². The summed E-state index contributed by atoms with van der Waals surface area (Å²) in [5, 5.41) is 2.79. The summed E-state index contributed by atoms with van der Waals surface area (Å²) < 4.78 is 9.87. The Kier molecular flexibility index (Phi) is 7.04. The summed E-state index contributed by atoms with van der Waals surface area (Å²) in [6, 6.07) is 4.62. The number of piperidine rings is 1. The average molecular weight is 417 g/mol. The molecule has 1 N–H and O–H groups in total. The molecule has 9 nitrogen and oxygen atoms in total. The molecule has 2 aliphatic heterocycles. The van der Waals surface area contributed by atoms with E-state index in [2.05, 4.69) is 5.32 Å². The van der Waals surface area contributed by atoms with Crippen LogP contribution >= 0.6 is 0 Å². The first kappa shape index (κ1) is 21.8. The highest BCUT2D eigenvalue weighted by Gasteiger charge is 2.36. The molecule has 0 bridgehead atoms. The quantitative estimate of drug-likeness (QED) is 0.534. The van der Waals surface area contributed by atoms with Gasteiger partial charge < -0.3 is 19.7 Å². The lowest BCUT2D eigenvalue weighted by molar-refractivity contribution is 0.0637. The monoisotopic (exact) mass is 417 g/mol. The van der Waals surface area contributed by atoms with Crippen LogP contribution in [0.25, 0.3) is 0 Å². The van der Waals surface area contributed by atoms with Crippen molar-refractivity contribution in [1.29, 1.82) is 0 Å². The maximum atomic E-state index is 12.9. The van der Waals surface area contributed by atoms with Crippen LogP contribution in [0.1, 0.15) is 57.3 Å². The minimum Gasteiger partial charge on any atom is -0.450 e. The molecule has 30 heavy (non-hydrogen) atoms. The molecule has 0 radical (unpaired) electrons. The number of carbonyl (C=O) groups is 4. The number of nitrogens with one attached hydrogen (secondary N) is 1. The molecular weight excluding hydrogens is 390 g/mol. The Bertz CT molecular complexity index is 832. The molecule has 1 aromatic carbocycles. The zero-order valence-electron chi connectivity index (χ0n) is 17.3. The lowest BCUT2D eigenvalue weighted by Crippen LogP contribution is -2.46. The van der Waals surface area contributed by atoms with E-state index in [1.807, 2.05) is 0 Å². The number of rotatable bonds is 7. The summed E-state index contributed by atoms with van der Waals surface area (Å²) in [6.45, 7) is 3.77. The summed E-state index contributed by atoms with van der Waals surface area (Å²) in [5.74, 6) is -0.903. The molecule has 0 aromatic heterocycles. The SMILES string of the molecule is CCOC(=O)NC1CCN(C(=O)c2ccc3c(c2)C(=O)N(CCCOC)C3=O)CC1. The fraction of sp³-hybridized carbons (Fsp3) is 0.524. The fourth-order valence-corrected chi connectivity index (χ4v) is 3.74. The van der Waals surface area contributed by atoms with Crippen LogP contribution in [0.5, 0.6) is 0 Å². The van der Waals surface area contributed by atoms with Gasteiger partial charge in [-0.1, -0.05) is 0 Å². The highest BCUT2D eigenvalue weighted by atomic mass is 16.5. The zero-order chi connectivity index (χ0) is 21.7. The second-order valence-corrected chi connectivity index (χ2v) is 7.30. The molecule has 0 unspecified atom stereocenters. The number of ether oxygens (including phenoxy) is 2. The topological polar surface area (TPSA) is 105 Å². The Hall–Kier alpha value is -2.94. The third-order valence-corrected chi connectivity index (χ3v) is 5.33. The molecule has 1 aromatic rings. The van der Waals surface area contributed by atoms with Gasteiger partial charge in [0.05, 0.1) is 17.7 Å². The van der Waals surface area contributed by atoms with Gasteiger partial charge in [-0.15, -0.1) is 0 Å². The molecule has 0 aliphatic carbocycles. The Morgan fingerprint density at radius 1 is 1.13 bits per heavy atom. The van der Waals surface area contributed by atoms with Crippen molar-refractivity contribution in [3.05, 3.63) is 34.9 Å². The molecule has 9 heteroatoms. The molecule has 4 amide bonds. The van der Waals surface area contributed by atoms with Gasteiger partial charge in [0.2, 0.25) is 0 Å². The highest BCUT2D eigenvalue weighted by Crippen LogP contribution is 2.25. The van der Waals surface area contributed by atoms with E-state index in [1.54, 1.807) is 31.1 Å². The molecular formula is C21H27N3O6. The number of carbonyl (C=O) groups excluding carboxylic acids is 4. The van der Waals surface area contributed by atoms with Gasteiger partial charge >= 0.3 is 6.09 Å². The second-order valence-electron chi connectivity index (χ2n) is 7.30.